The maximum absolute atomic E-state index is 10.0. The van der Waals surface area contributed by atoms with Crippen LogP contribution in [0, 0.1) is 0 Å². The highest BCUT2D eigenvalue weighted by Gasteiger charge is 1.98. The Kier molecular flexibility index (Phi) is 5.11. The Morgan fingerprint density at radius 3 is 2.62 bits per heavy atom. The van der Waals surface area contributed by atoms with Gasteiger partial charge in [-0.2, -0.15) is 12.6 Å². The predicted molar refractivity (Wildman–Crippen MR) is 37.4 cm³/mol. The van der Waals surface area contributed by atoms with Gasteiger partial charge in [-0.25, -0.2) is 0 Å². The van der Waals surface area contributed by atoms with Gasteiger partial charge in [-0.05, 0) is 6.54 Å². The fourth-order valence-corrected chi connectivity index (χ4v) is 0.633. The van der Waals surface area contributed by atoms with Gasteiger partial charge in [0.05, 0.1) is 6.04 Å². The Balaban J connectivity index is 3.21. The number of carbonyl (C=O) groups excluding carboxylic acids is 1. The number of carbonyl (C=O) groups is 1. The highest BCUT2D eigenvalue weighted by Crippen LogP contribution is 1.80. The molecule has 1 N–H and O–H groups in total. The van der Waals surface area contributed by atoms with Gasteiger partial charge in [-0.1, -0.05) is 6.92 Å². The zero-order valence-corrected chi connectivity index (χ0v) is 5.82. The molecule has 1 atom stereocenters. The van der Waals surface area contributed by atoms with Gasteiger partial charge in [0.2, 0.25) is 0 Å². The van der Waals surface area contributed by atoms with Crippen LogP contribution >= 0.6 is 12.6 Å². The number of hydrogen-bond donors (Lipinski definition) is 2. The van der Waals surface area contributed by atoms with E-state index in [4.69, 9.17) is 0 Å². The predicted octanol–water partition coefficient (Wildman–Crippen LogP) is 0.0932. The molecule has 0 spiro atoms. The van der Waals surface area contributed by atoms with E-state index in [1.54, 1.807) is 0 Å². The lowest BCUT2D eigenvalue weighted by molar-refractivity contribution is -0.109. The molecule has 0 radical (unpaired) electrons. The molecule has 0 heterocycles. The highest BCUT2D eigenvalue weighted by atomic mass is 32.1. The van der Waals surface area contributed by atoms with Crippen LogP contribution in [-0.2, 0) is 4.79 Å². The van der Waals surface area contributed by atoms with Gasteiger partial charge in [-0.15, -0.1) is 0 Å². The summed E-state index contributed by atoms with van der Waals surface area (Å²) in [4.78, 5) is 10.0. The van der Waals surface area contributed by atoms with E-state index >= 15 is 0 Å². The summed E-state index contributed by atoms with van der Waals surface area (Å²) >= 11 is 3.94. The minimum atomic E-state index is -0.0664. The standard InChI is InChI=1S/C5H11NOS/c1-2-6-5(3-7)4-8/h3,5-6,8H,2,4H2,1H3/t5-/m1/s1. The van der Waals surface area contributed by atoms with Crippen LogP contribution < -0.4 is 5.32 Å². The summed E-state index contributed by atoms with van der Waals surface area (Å²) in [6, 6.07) is -0.0664. The third-order valence-corrected chi connectivity index (χ3v) is 1.22. The molecule has 0 saturated heterocycles. The van der Waals surface area contributed by atoms with Gasteiger partial charge < -0.3 is 10.1 Å². The first-order chi connectivity index (χ1) is 3.85. The van der Waals surface area contributed by atoms with Crippen molar-refractivity contribution in [2.75, 3.05) is 12.3 Å². The quantitative estimate of drug-likeness (QED) is 0.420. The normalized spacial score (nSPS) is 13.2. The van der Waals surface area contributed by atoms with Gasteiger partial charge in [-0.3, -0.25) is 0 Å². The van der Waals surface area contributed by atoms with Crippen LogP contribution in [-0.4, -0.2) is 24.6 Å². The molecule has 8 heavy (non-hydrogen) atoms. The Morgan fingerprint density at radius 2 is 2.50 bits per heavy atom. The molecule has 48 valence electrons. The molecule has 2 nitrogen and oxygen atoms in total. The SMILES string of the molecule is CCN[C@H](C=O)CS. The molecule has 0 aromatic rings. The van der Waals surface area contributed by atoms with E-state index in [1.807, 2.05) is 6.92 Å². The summed E-state index contributed by atoms with van der Waals surface area (Å²) < 4.78 is 0. The van der Waals surface area contributed by atoms with Crippen molar-refractivity contribution in [3.8, 4) is 0 Å². The zero-order chi connectivity index (χ0) is 6.41. The van der Waals surface area contributed by atoms with Crippen LogP contribution in [0.25, 0.3) is 0 Å². The molecule has 0 amide bonds. The zero-order valence-electron chi connectivity index (χ0n) is 4.92. The minimum absolute atomic E-state index is 0.0664. The van der Waals surface area contributed by atoms with Gasteiger partial charge in [0.25, 0.3) is 0 Å². The lowest BCUT2D eigenvalue weighted by Crippen LogP contribution is -2.31. The van der Waals surface area contributed by atoms with E-state index < -0.39 is 0 Å². The van der Waals surface area contributed by atoms with Crippen molar-refractivity contribution < 1.29 is 4.79 Å². The third-order valence-electron chi connectivity index (χ3n) is 0.827. The van der Waals surface area contributed by atoms with E-state index in [9.17, 15) is 4.79 Å². The van der Waals surface area contributed by atoms with Crippen molar-refractivity contribution >= 4 is 18.9 Å². The largest absolute Gasteiger partial charge is 0.307 e. The number of aldehydes is 1. The van der Waals surface area contributed by atoms with Crippen LogP contribution in [0.2, 0.25) is 0 Å². The topological polar surface area (TPSA) is 29.1 Å². The fourth-order valence-electron chi connectivity index (χ4n) is 0.418. The van der Waals surface area contributed by atoms with Crippen molar-refractivity contribution in [3.63, 3.8) is 0 Å². The van der Waals surface area contributed by atoms with Crippen molar-refractivity contribution in [2.24, 2.45) is 0 Å². The molecule has 0 aliphatic rings. The molecule has 3 heteroatoms. The first kappa shape index (κ1) is 7.98. The summed E-state index contributed by atoms with van der Waals surface area (Å²) in [6.07, 6.45) is 0.872. The average molecular weight is 133 g/mol. The highest BCUT2D eigenvalue weighted by molar-refractivity contribution is 7.80. The second kappa shape index (κ2) is 5.12. The third kappa shape index (κ3) is 3.04. The van der Waals surface area contributed by atoms with Crippen molar-refractivity contribution in [1.29, 1.82) is 0 Å². The molecule has 0 bridgehead atoms. The van der Waals surface area contributed by atoms with Gasteiger partial charge in [0.1, 0.15) is 6.29 Å². The molecule has 0 aromatic carbocycles. The number of rotatable bonds is 4. The number of nitrogens with one attached hydrogen (secondary N) is 1. The molecular weight excluding hydrogens is 122 g/mol. The molecule has 0 saturated carbocycles. The number of hydrogen-bond acceptors (Lipinski definition) is 3. The summed E-state index contributed by atoms with van der Waals surface area (Å²) in [7, 11) is 0. The summed E-state index contributed by atoms with van der Waals surface area (Å²) in [5, 5.41) is 2.94. The molecule has 0 fully saturated rings. The van der Waals surface area contributed by atoms with E-state index in [0.29, 0.717) is 5.75 Å². The van der Waals surface area contributed by atoms with Gasteiger partial charge in [0, 0.05) is 5.75 Å². The number of likely N-dealkylation sites (N-methyl/N-ethyl adjacent to an activating group) is 1. The fraction of sp³-hybridized carbons (Fsp3) is 0.800. The van der Waals surface area contributed by atoms with E-state index in [-0.39, 0.29) is 6.04 Å². The first-order valence-electron chi connectivity index (χ1n) is 2.64. The molecular formula is C5H11NOS. The number of thiol groups is 1. The lowest BCUT2D eigenvalue weighted by Gasteiger charge is -2.04. The Labute approximate surface area is 55.1 Å². The van der Waals surface area contributed by atoms with Crippen molar-refractivity contribution in [2.45, 2.75) is 13.0 Å². The summed E-state index contributed by atoms with van der Waals surface area (Å²) in [5.74, 6) is 0.581. The van der Waals surface area contributed by atoms with Crippen LogP contribution in [0.5, 0.6) is 0 Å². The Bertz CT molecular complexity index is 67.4. The smallest absolute Gasteiger partial charge is 0.137 e. The summed E-state index contributed by atoms with van der Waals surface area (Å²) in [6.45, 7) is 2.78. The molecule has 0 aliphatic heterocycles. The lowest BCUT2D eigenvalue weighted by atomic mass is 10.4. The van der Waals surface area contributed by atoms with Crippen LogP contribution in [0.4, 0.5) is 0 Å². The monoisotopic (exact) mass is 133 g/mol. The average Bonchev–Trinajstić information content (AvgIpc) is 1.83. The van der Waals surface area contributed by atoms with E-state index in [0.717, 1.165) is 12.8 Å². The van der Waals surface area contributed by atoms with Gasteiger partial charge in [0.15, 0.2) is 0 Å². The van der Waals surface area contributed by atoms with Crippen LogP contribution in [0.15, 0.2) is 0 Å². The van der Waals surface area contributed by atoms with E-state index in [2.05, 4.69) is 17.9 Å². The van der Waals surface area contributed by atoms with Crippen molar-refractivity contribution in [3.05, 3.63) is 0 Å². The van der Waals surface area contributed by atoms with Gasteiger partial charge >= 0.3 is 0 Å². The Morgan fingerprint density at radius 1 is 1.88 bits per heavy atom. The molecule has 0 aliphatic carbocycles. The minimum Gasteiger partial charge on any atom is -0.307 e. The van der Waals surface area contributed by atoms with E-state index in [1.165, 1.54) is 0 Å². The molecule has 0 unspecified atom stereocenters. The van der Waals surface area contributed by atoms with Crippen molar-refractivity contribution in [1.82, 2.24) is 5.32 Å². The van der Waals surface area contributed by atoms with Crippen LogP contribution in [0.1, 0.15) is 6.92 Å². The first-order valence-corrected chi connectivity index (χ1v) is 3.28. The maximum atomic E-state index is 10.0. The second-order valence-electron chi connectivity index (χ2n) is 1.48. The maximum Gasteiger partial charge on any atom is 0.137 e. The Hall–Kier alpha value is -0.0200. The molecule has 0 aromatic heterocycles. The second-order valence-corrected chi connectivity index (χ2v) is 1.85. The molecule has 0 rings (SSSR count). The summed E-state index contributed by atoms with van der Waals surface area (Å²) in [5.41, 5.74) is 0. The van der Waals surface area contributed by atoms with Crippen LogP contribution in [0.3, 0.4) is 0 Å².